The lowest BCUT2D eigenvalue weighted by molar-refractivity contribution is -0.140. The summed E-state index contributed by atoms with van der Waals surface area (Å²) in [6.07, 6.45) is -4.98. The molecule has 0 aliphatic carbocycles. The van der Waals surface area contributed by atoms with Crippen LogP contribution in [0.2, 0.25) is 0 Å². The first-order valence-corrected chi connectivity index (χ1v) is 8.77. The molecule has 0 radical (unpaired) electrons. The van der Waals surface area contributed by atoms with Gasteiger partial charge in [0, 0.05) is 5.69 Å². The van der Waals surface area contributed by atoms with Gasteiger partial charge in [0.05, 0.1) is 17.1 Å². The molecule has 3 rings (SSSR count). The second kappa shape index (κ2) is 6.57. The maximum Gasteiger partial charge on any atom is 0.417 e. The topological polar surface area (TPSA) is 67.9 Å². The standard InChI is InChI=1S/C16H14F3NO4S/c17-16(18,19)14-8-12(23-9-13-10-24-13)6-7-15(14)25(21,22)20-11-4-2-1-3-5-11/h1-8,13,20H,9-10H2. The quantitative estimate of drug-likeness (QED) is 0.789. The number of nitrogens with one attached hydrogen (secondary N) is 1. The van der Waals surface area contributed by atoms with E-state index in [1.165, 1.54) is 18.2 Å². The molecule has 2 aromatic carbocycles. The third kappa shape index (κ3) is 4.43. The van der Waals surface area contributed by atoms with Gasteiger partial charge in [-0.1, -0.05) is 18.2 Å². The van der Waals surface area contributed by atoms with Gasteiger partial charge in [0.1, 0.15) is 18.5 Å². The molecule has 5 nitrogen and oxygen atoms in total. The van der Waals surface area contributed by atoms with E-state index in [9.17, 15) is 21.6 Å². The third-order valence-electron chi connectivity index (χ3n) is 3.41. The molecular weight excluding hydrogens is 359 g/mol. The molecule has 1 fully saturated rings. The Morgan fingerprint density at radius 3 is 2.44 bits per heavy atom. The summed E-state index contributed by atoms with van der Waals surface area (Å²) in [6.45, 7) is 0.616. The van der Waals surface area contributed by atoms with Crippen molar-refractivity contribution < 1.29 is 31.1 Å². The van der Waals surface area contributed by atoms with Crippen LogP contribution in [0.4, 0.5) is 18.9 Å². The van der Waals surface area contributed by atoms with Crippen LogP contribution in [0.15, 0.2) is 53.4 Å². The van der Waals surface area contributed by atoms with Crippen molar-refractivity contribution in [2.75, 3.05) is 17.9 Å². The van der Waals surface area contributed by atoms with Gasteiger partial charge in [0.2, 0.25) is 0 Å². The zero-order valence-corrected chi connectivity index (χ0v) is 13.6. The zero-order valence-electron chi connectivity index (χ0n) is 12.8. The summed E-state index contributed by atoms with van der Waals surface area (Å²) in [4.78, 5) is -0.862. The lowest BCUT2D eigenvalue weighted by atomic mass is 10.2. The molecule has 1 aliphatic heterocycles. The summed E-state index contributed by atoms with van der Waals surface area (Å²) in [5.74, 6) is -0.0681. The number of epoxide rings is 1. The molecule has 0 amide bonds. The lowest BCUT2D eigenvalue weighted by Gasteiger charge is -2.16. The summed E-state index contributed by atoms with van der Waals surface area (Å²) >= 11 is 0. The molecule has 2 aromatic rings. The number of hydrogen-bond donors (Lipinski definition) is 1. The number of ether oxygens (including phenoxy) is 2. The summed E-state index contributed by atoms with van der Waals surface area (Å²) in [6, 6.07) is 10.4. The molecular formula is C16H14F3NO4S. The first-order valence-electron chi connectivity index (χ1n) is 7.29. The Kier molecular flexibility index (Phi) is 4.61. The van der Waals surface area contributed by atoms with Crippen LogP contribution in [-0.2, 0) is 20.9 Å². The fourth-order valence-corrected chi connectivity index (χ4v) is 3.39. The molecule has 0 bridgehead atoms. The van der Waals surface area contributed by atoms with Gasteiger partial charge in [-0.05, 0) is 30.3 Å². The summed E-state index contributed by atoms with van der Waals surface area (Å²) in [5, 5.41) is 0. The molecule has 1 heterocycles. The number of halogens is 3. The Labute approximate surface area is 142 Å². The van der Waals surface area contributed by atoms with Crippen LogP contribution < -0.4 is 9.46 Å². The molecule has 1 saturated heterocycles. The Morgan fingerprint density at radius 2 is 1.84 bits per heavy atom. The van der Waals surface area contributed by atoms with Crippen LogP contribution in [0.25, 0.3) is 0 Å². The van der Waals surface area contributed by atoms with Crippen molar-refractivity contribution >= 4 is 15.7 Å². The van der Waals surface area contributed by atoms with Crippen molar-refractivity contribution in [3.63, 3.8) is 0 Å². The van der Waals surface area contributed by atoms with E-state index in [1.54, 1.807) is 18.2 Å². The highest BCUT2D eigenvalue weighted by atomic mass is 32.2. The zero-order chi connectivity index (χ0) is 18.1. The first kappa shape index (κ1) is 17.6. The number of anilines is 1. The van der Waals surface area contributed by atoms with Crippen LogP contribution in [-0.4, -0.2) is 27.7 Å². The number of benzene rings is 2. The van der Waals surface area contributed by atoms with Gasteiger partial charge in [0.25, 0.3) is 10.0 Å². The largest absolute Gasteiger partial charge is 0.491 e. The Hall–Kier alpha value is -2.26. The smallest absolute Gasteiger partial charge is 0.417 e. The molecule has 1 atom stereocenters. The molecule has 0 aromatic heterocycles. The molecule has 0 saturated carbocycles. The maximum absolute atomic E-state index is 13.3. The maximum atomic E-state index is 13.3. The highest BCUT2D eigenvalue weighted by Gasteiger charge is 2.38. The molecule has 134 valence electrons. The van der Waals surface area contributed by atoms with Crippen molar-refractivity contribution in [1.82, 2.24) is 0 Å². The van der Waals surface area contributed by atoms with E-state index in [4.69, 9.17) is 9.47 Å². The van der Waals surface area contributed by atoms with Gasteiger partial charge < -0.3 is 9.47 Å². The predicted octanol–water partition coefficient (Wildman–Crippen LogP) is 3.28. The molecule has 0 spiro atoms. The third-order valence-corrected chi connectivity index (χ3v) is 4.85. The molecule has 1 aliphatic rings. The van der Waals surface area contributed by atoms with E-state index >= 15 is 0 Å². The minimum absolute atomic E-state index is 0.0681. The molecule has 9 heteroatoms. The second-order valence-corrected chi connectivity index (χ2v) is 7.04. The fourth-order valence-electron chi connectivity index (χ4n) is 2.12. The van der Waals surface area contributed by atoms with Crippen molar-refractivity contribution in [2.24, 2.45) is 0 Å². The Morgan fingerprint density at radius 1 is 1.16 bits per heavy atom. The van der Waals surface area contributed by atoms with Crippen LogP contribution in [0.1, 0.15) is 5.56 Å². The minimum atomic E-state index is -4.85. The average molecular weight is 373 g/mol. The van der Waals surface area contributed by atoms with Gasteiger partial charge in [-0.2, -0.15) is 13.2 Å². The normalized spacial score (nSPS) is 17.2. The Balaban J connectivity index is 1.93. The van der Waals surface area contributed by atoms with Gasteiger partial charge in [-0.3, -0.25) is 4.72 Å². The van der Waals surface area contributed by atoms with Crippen molar-refractivity contribution in [3.05, 3.63) is 54.1 Å². The second-order valence-electron chi connectivity index (χ2n) is 5.39. The highest BCUT2D eigenvalue weighted by Crippen LogP contribution is 2.37. The van der Waals surface area contributed by atoms with Gasteiger partial charge in [-0.25, -0.2) is 8.42 Å². The molecule has 25 heavy (non-hydrogen) atoms. The van der Waals surface area contributed by atoms with Crippen molar-refractivity contribution in [1.29, 1.82) is 0 Å². The SMILES string of the molecule is O=S(=O)(Nc1ccccc1)c1ccc(OCC2CO2)cc1C(F)(F)F. The number of sulfonamides is 1. The number of hydrogen-bond acceptors (Lipinski definition) is 4. The van der Waals surface area contributed by atoms with Gasteiger partial charge in [0.15, 0.2) is 0 Å². The molecule has 1 unspecified atom stereocenters. The van der Waals surface area contributed by atoms with E-state index < -0.39 is 26.7 Å². The number of para-hydroxylation sites is 1. The Bertz CT molecular complexity index is 849. The molecule has 1 N–H and O–H groups in total. The van der Waals surface area contributed by atoms with E-state index in [2.05, 4.69) is 4.72 Å². The fraction of sp³-hybridized carbons (Fsp3) is 0.250. The van der Waals surface area contributed by atoms with E-state index in [0.29, 0.717) is 12.7 Å². The lowest BCUT2D eigenvalue weighted by Crippen LogP contribution is -2.19. The summed E-state index contributed by atoms with van der Waals surface area (Å²) in [5.41, 5.74) is -1.12. The van der Waals surface area contributed by atoms with Gasteiger partial charge in [-0.15, -0.1) is 0 Å². The van der Waals surface area contributed by atoms with Crippen LogP contribution >= 0.6 is 0 Å². The monoisotopic (exact) mass is 373 g/mol. The van der Waals surface area contributed by atoms with Crippen molar-refractivity contribution in [2.45, 2.75) is 17.2 Å². The van der Waals surface area contributed by atoms with E-state index in [0.717, 1.165) is 6.07 Å². The van der Waals surface area contributed by atoms with Crippen LogP contribution in [0.5, 0.6) is 5.75 Å². The number of alkyl halides is 3. The highest BCUT2D eigenvalue weighted by molar-refractivity contribution is 7.92. The van der Waals surface area contributed by atoms with Crippen molar-refractivity contribution in [3.8, 4) is 5.75 Å². The van der Waals surface area contributed by atoms with E-state index in [1.807, 2.05) is 0 Å². The average Bonchev–Trinajstić information content (AvgIpc) is 3.37. The van der Waals surface area contributed by atoms with Crippen LogP contribution in [0, 0.1) is 0 Å². The van der Waals surface area contributed by atoms with E-state index in [-0.39, 0.29) is 24.1 Å². The first-order chi connectivity index (χ1) is 11.8. The number of rotatable bonds is 6. The van der Waals surface area contributed by atoms with Crippen LogP contribution in [0.3, 0.4) is 0 Å². The van der Waals surface area contributed by atoms with Gasteiger partial charge >= 0.3 is 6.18 Å². The minimum Gasteiger partial charge on any atom is -0.491 e. The summed E-state index contributed by atoms with van der Waals surface area (Å²) < 4.78 is 77.0. The predicted molar refractivity (Wildman–Crippen MR) is 83.9 cm³/mol. The summed E-state index contributed by atoms with van der Waals surface area (Å²) in [7, 11) is -4.41.